The summed E-state index contributed by atoms with van der Waals surface area (Å²) < 4.78 is 0. The number of amides is 4. The number of hydrogen-bond acceptors (Lipinski definition) is 4. The average molecular weight is 543 g/mol. The monoisotopic (exact) mass is 542 g/mol. The van der Waals surface area contributed by atoms with Crippen LogP contribution in [-0.4, -0.2) is 70.1 Å². The van der Waals surface area contributed by atoms with Gasteiger partial charge in [0.2, 0.25) is 11.8 Å². The van der Waals surface area contributed by atoms with Gasteiger partial charge in [-0.2, -0.15) is 5.10 Å². The molecule has 9 nitrogen and oxygen atoms in total. The summed E-state index contributed by atoms with van der Waals surface area (Å²) in [5, 5.41) is 11.2. The molecular formula is C31H38N6O3. The molecule has 0 saturated carbocycles. The number of hydrogen-bond donors (Lipinski definition) is 2. The molecule has 0 spiro atoms. The molecule has 1 aromatic heterocycles. The van der Waals surface area contributed by atoms with Gasteiger partial charge in [0.25, 0.3) is 0 Å². The molecule has 4 amide bonds. The highest BCUT2D eigenvalue weighted by atomic mass is 16.2. The number of urea groups is 1. The maximum Gasteiger partial charge on any atom is 0.322 e. The number of fused-ring (bicyclic) bond motifs is 2. The number of aromatic nitrogens is 2. The lowest BCUT2D eigenvalue weighted by atomic mass is 9.91. The zero-order valence-corrected chi connectivity index (χ0v) is 23.2. The Morgan fingerprint density at radius 3 is 2.60 bits per heavy atom. The fourth-order valence-corrected chi connectivity index (χ4v) is 6.67. The van der Waals surface area contributed by atoms with Gasteiger partial charge in [-0.15, -0.1) is 0 Å². The Bertz CT molecular complexity index is 1400. The molecule has 210 valence electrons. The predicted molar refractivity (Wildman–Crippen MR) is 154 cm³/mol. The first-order valence-corrected chi connectivity index (χ1v) is 14.6. The molecule has 0 radical (unpaired) electrons. The minimum absolute atomic E-state index is 0.0263. The first-order valence-electron chi connectivity index (χ1n) is 14.6. The van der Waals surface area contributed by atoms with Crippen molar-refractivity contribution in [1.29, 1.82) is 0 Å². The number of carbonyl (C=O) groups excluding carboxylic acids is 3. The van der Waals surface area contributed by atoms with Gasteiger partial charge in [-0.1, -0.05) is 24.3 Å². The SMILES string of the molecule is Cc1cc(CC(CC(=O)N2CCC(N3C(=O)NCc4ccccc43)CC2)C(=O)N2CCCCC2)cc2cn[nH]c12. The number of nitrogens with one attached hydrogen (secondary N) is 2. The van der Waals surface area contributed by atoms with E-state index >= 15 is 0 Å². The number of piperidine rings is 2. The summed E-state index contributed by atoms with van der Waals surface area (Å²) in [7, 11) is 0. The second kappa shape index (κ2) is 11.3. The van der Waals surface area contributed by atoms with Gasteiger partial charge in [0, 0.05) is 50.6 Å². The summed E-state index contributed by atoms with van der Waals surface area (Å²) >= 11 is 0. The van der Waals surface area contributed by atoms with E-state index in [1.54, 1.807) is 0 Å². The van der Waals surface area contributed by atoms with E-state index in [0.717, 1.165) is 65.6 Å². The van der Waals surface area contributed by atoms with Crippen LogP contribution in [0.3, 0.4) is 0 Å². The summed E-state index contributed by atoms with van der Waals surface area (Å²) in [6.07, 6.45) is 7.17. The minimum Gasteiger partial charge on any atom is -0.343 e. The van der Waals surface area contributed by atoms with Gasteiger partial charge < -0.3 is 15.1 Å². The predicted octanol–water partition coefficient (Wildman–Crippen LogP) is 4.15. The van der Waals surface area contributed by atoms with Crippen LogP contribution in [0.1, 0.15) is 55.2 Å². The van der Waals surface area contributed by atoms with E-state index in [1.807, 2.05) is 52.1 Å². The van der Waals surface area contributed by atoms with Gasteiger partial charge in [0.05, 0.1) is 23.3 Å². The third kappa shape index (κ3) is 5.29. The van der Waals surface area contributed by atoms with E-state index in [2.05, 4.69) is 27.6 Å². The smallest absolute Gasteiger partial charge is 0.322 e. The van der Waals surface area contributed by atoms with Gasteiger partial charge in [0.1, 0.15) is 0 Å². The zero-order valence-electron chi connectivity index (χ0n) is 23.2. The highest BCUT2D eigenvalue weighted by Crippen LogP contribution is 2.31. The number of para-hydroxylation sites is 1. The Kier molecular flexibility index (Phi) is 7.45. The average Bonchev–Trinajstić information content (AvgIpc) is 3.46. The number of rotatable bonds is 6. The van der Waals surface area contributed by atoms with Gasteiger partial charge in [-0.25, -0.2) is 4.79 Å². The van der Waals surface area contributed by atoms with E-state index in [4.69, 9.17) is 0 Å². The van der Waals surface area contributed by atoms with Gasteiger partial charge in [-0.05, 0) is 74.3 Å². The Morgan fingerprint density at radius 1 is 1.02 bits per heavy atom. The van der Waals surface area contributed by atoms with Crippen LogP contribution in [0.2, 0.25) is 0 Å². The molecule has 9 heteroatoms. The molecule has 2 aromatic carbocycles. The Morgan fingerprint density at radius 2 is 1.80 bits per heavy atom. The highest BCUT2D eigenvalue weighted by molar-refractivity contribution is 5.95. The molecule has 1 atom stereocenters. The van der Waals surface area contributed by atoms with Crippen molar-refractivity contribution in [3.63, 3.8) is 0 Å². The number of nitrogens with zero attached hydrogens (tertiary/aromatic N) is 4. The van der Waals surface area contributed by atoms with Crippen LogP contribution in [0.25, 0.3) is 10.9 Å². The Labute approximate surface area is 234 Å². The fourth-order valence-electron chi connectivity index (χ4n) is 6.67. The third-order valence-electron chi connectivity index (χ3n) is 8.81. The van der Waals surface area contributed by atoms with E-state index in [0.29, 0.717) is 38.9 Å². The number of benzene rings is 2. The lowest BCUT2D eigenvalue weighted by Gasteiger charge is -2.41. The normalized spacial score (nSPS) is 18.9. The number of anilines is 1. The van der Waals surface area contributed by atoms with Crippen LogP contribution in [0.4, 0.5) is 10.5 Å². The molecule has 40 heavy (non-hydrogen) atoms. The minimum atomic E-state index is -0.396. The largest absolute Gasteiger partial charge is 0.343 e. The molecule has 2 fully saturated rings. The Balaban J connectivity index is 1.15. The zero-order chi connectivity index (χ0) is 27.6. The molecule has 0 bridgehead atoms. The van der Waals surface area contributed by atoms with Crippen molar-refractivity contribution in [2.45, 2.75) is 64.5 Å². The second-order valence-corrected chi connectivity index (χ2v) is 11.5. The summed E-state index contributed by atoms with van der Waals surface area (Å²) in [5.41, 5.74) is 5.23. The maximum atomic E-state index is 13.7. The van der Waals surface area contributed by atoms with E-state index in [-0.39, 0.29) is 30.3 Å². The van der Waals surface area contributed by atoms with Crippen LogP contribution in [0, 0.1) is 12.8 Å². The van der Waals surface area contributed by atoms with Gasteiger partial charge in [-0.3, -0.25) is 19.6 Å². The lowest BCUT2D eigenvalue weighted by Crippen LogP contribution is -2.54. The first-order chi connectivity index (χ1) is 19.5. The number of aryl methyl sites for hydroxylation is 1. The summed E-state index contributed by atoms with van der Waals surface area (Å²) in [6, 6.07) is 12.2. The first kappa shape index (κ1) is 26.3. The standard InChI is InChI=1S/C31H38N6O3/c1-21-15-22(17-25-20-33-34-29(21)25)16-24(30(39)36-11-5-2-6-12-36)18-28(38)35-13-9-26(10-14-35)37-27-8-4-3-7-23(27)19-32-31(37)40/h3-4,7-8,15,17,20,24,26H,2,5-6,9-14,16,18-19H2,1H3,(H,32,40)(H,33,34). The molecule has 3 aromatic rings. The van der Waals surface area contributed by atoms with Crippen molar-refractivity contribution >= 4 is 34.4 Å². The topological polar surface area (TPSA) is 102 Å². The van der Waals surface area contributed by atoms with Crippen LogP contribution in [0.15, 0.2) is 42.6 Å². The van der Waals surface area contributed by atoms with Crippen molar-refractivity contribution in [3.8, 4) is 0 Å². The molecule has 2 N–H and O–H groups in total. The highest BCUT2D eigenvalue weighted by Gasteiger charge is 2.35. The van der Waals surface area contributed by atoms with Crippen molar-refractivity contribution in [2.75, 3.05) is 31.1 Å². The molecule has 4 heterocycles. The van der Waals surface area contributed by atoms with Crippen molar-refractivity contribution in [2.24, 2.45) is 5.92 Å². The molecular weight excluding hydrogens is 504 g/mol. The molecule has 3 aliphatic heterocycles. The third-order valence-corrected chi connectivity index (χ3v) is 8.81. The number of likely N-dealkylation sites (tertiary alicyclic amines) is 2. The Hall–Kier alpha value is -3.88. The van der Waals surface area contributed by atoms with E-state index < -0.39 is 5.92 Å². The summed E-state index contributed by atoms with van der Waals surface area (Å²) in [5.74, 6) is -0.278. The van der Waals surface area contributed by atoms with Crippen LogP contribution >= 0.6 is 0 Å². The number of aromatic amines is 1. The van der Waals surface area contributed by atoms with Gasteiger partial charge in [0.15, 0.2) is 0 Å². The van der Waals surface area contributed by atoms with Crippen molar-refractivity contribution < 1.29 is 14.4 Å². The molecule has 0 aliphatic carbocycles. The molecule has 6 rings (SSSR count). The molecule has 1 unspecified atom stereocenters. The molecule has 3 aliphatic rings. The van der Waals surface area contributed by atoms with Crippen LogP contribution < -0.4 is 10.2 Å². The van der Waals surface area contributed by atoms with E-state index in [1.165, 1.54) is 0 Å². The maximum absolute atomic E-state index is 13.7. The van der Waals surface area contributed by atoms with Crippen LogP contribution in [0.5, 0.6) is 0 Å². The lowest BCUT2D eigenvalue weighted by molar-refractivity contribution is -0.142. The quantitative estimate of drug-likeness (QED) is 0.489. The van der Waals surface area contributed by atoms with Crippen molar-refractivity contribution in [1.82, 2.24) is 25.3 Å². The second-order valence-electron chi connectivity index (χ2n) is 11.5. The number of carbonyl (C=O) groups is 3. The van der Waals surface area contributed by atoms with Crippen molar-refractivity contribution in [3.05, 3.63) is 59.3 Å². The fraction of sp³-hybridized carbons (Fsp3) is 0.484. The van der Waals surface area contributed by atoms with Gasteiger partial charge >= 0.3 is 6.03 Å². The van der Waals surface area contributed by atoms with Crippen LogP contribution in [-0.2, 0) is 22.6 Å². The summed E-state index contributed by atoms with van der Waals surface area (Å²) in [6.45, 7) is 5.30. The molecule has 2 saturated heterocycles. The summed E-state index contributed by atoms with van der Waals surface area (Å²) in [4.78, 5) is 45.9. The number of H-pyrrole nitrogens is 1. The van der Waals surface area contributed by atoms with E-state index in [9.17, 15) is 14.4 Å².